The molecular formula is C23H22Cl2N2O3. The van der Waals surface area contributed by atoms with Gasteiger partial charge in [-0.3, -0.25) is 0 Å². The van der Waals surface area contributed by atoms with Gasteiger partial charge in [-0.1, -0.05) is 35.3 Å². The molecule has 0 radical (unpaired) electrons. The first kappa shape index (κ1) is 18.8. The zero-order valence-electron chi connectivity index (χ0n) is 16.4. The zero-order chi connectivity index (χ0) is 20.8. The molecule has 1 saturated heterocycles. The Kier molecular flexibility index (Phi) is 3.81. The zero-order valence-corrected chi connectivity index (χ0v) is 17.9. The lowest BCUT2D eigenvalue weighted by atomic mass is 9.52. The fourth-order valence-electron chi connectivity index (χ4n) is 6.22. The van der Waals surface area contributed by atoms with Crippen LogP contribution in [0.15, 0.2) is 42.5 Å². The van der Waals surface area contributed by atoms with Crippen LogP contribution in [0.25, 0.3) is 0 Å². The van der Waals surface area contributed by atoms with Crippen molar-refractivity contribution in [2.45, 2.75) is 36.1 Å². The van der Waals surface area contributed by atoms with Crippen molar-refractivity contribution in [1.29, 1.82) is 0 Å². The van der Waals surface area contributed by atoms with Crippen LogP contribution >= 0.6 is 23.2 Å². The van der Waals surface area contributed by atoms with Crippen molar-refractivity contribution >= 4 is 28.9 Å². The van der Waals surface area contributed by atoms with E-state index in [1.54, 1.807) is 24.3 Å². The summed E-state index contributed by atoms with van der Waals surface area (Å²) in [4.78, 5) is 2.40. The van der Waals surface area contributed by atoms with E-state index in [4.69, 9.17) is 27.9 Å². The average Bonchev–Trinajstić information content (AvgIpc) is 3.07. The van der Waals surface area contributed by atoms with Crippen LogP contribution in [0.4, 0.5) is 5.69 Å². The summed E-state index contributed by atoms with van der Waals surface area (Å²) >= 11 is 12.3. The molecule has 4 aliphatic rings. The molecule has 7 heteroatoms. The van der Waals surface area contributed by atoms with Gasteiger partial charge in [-0.15, -0.1) is 0 Å². The van der Waals surface area contributed by atoms with Gasteiger partial charge < -0.3 is 25.2 Å². The first-order chi connectivity index (χ1) is 14.3. The predicted molar refractivity (Wildman–Crippen MR) is 117 cm³/mol. The normalized spacial score (nSPS) is 35.7. The number of hydrogen-bond acceptors (Lipinski definition) is 5. The Morgan fingerprint density at radius 3 is 2.83 bits per heavy atom. The second-order valence-corrected chi connectivity index (χ2v) is 9.77. The number of nitrogens with zero attached hydrogens (tertiary/aromatic N) is 1. The SMILES string of the molecule is CN1CC[C@]23c4c5ccc(O)c4O[C@H]2[C@](O)(Nc2ccc(Cl)c(Cl)c2)C=C[C@H]3[C@H]1C5. The number of rotatable bonds is 2. The Balaban J connectivity index is 1.52. The first-order valence-electron chi connectivity index (χ1n) is 10.2. The monoisotopic (exact) mass is 444 g/mol. The van der Waals surface area contributed by atoms with E-state index in [-0.39, 0.29) is 11.7 Å². The molecule has 2 aromatic carbocycles. The summed E-state index contributed by atoms with van der Waals surface area (Å²) in [5.74, 6) is 0.849. The van der Waals surface area contributed by atoms with Gasteiger partial charge in [0.1, 0.15) is 0 Å². The van der Waals surface area contributed by atoms with Crippen LogP contribution < -0.4 is 10.1 Å². The second kappa shape index (κ2) is 6.07. The number of ether oxygens (including phenoxy) is 1. The lowest BCUT2D eigenvalue weighted by molar-refractivity contribution is -0.0847. The maximum absolute atomic E-state index is 11.8. The van der Waals surface area contributed by atoms with Crippen molar-refractivity contribution < 1.29 is 14.9 Å². The van der Waals surface area contributed by atoms with Crippen LogP contribution in [0.2, 0.25) is 10.0 Å². The van der Waals surface area contributed by atoms with Gasteiger partial charge in [0.05, 0.1) is 15.5 Å². The molecule has 30 heavy (non-hydrogen) atoms. The van der Waals surface area contributed by atoms with E-state index in [1.165, 1.54) is 5.56 Å². The van der Waals surface area contributed by atoms with Crippen LogP contribution in [-0.2, 0) is 11.8 Å². The second-order valence-electron chi connectivity index (χ2n) is 8.95. The summed E-state index contributed by atoms with van der Waals surface area (Å²) in [6, 6.07) is 9.23. The highest BCUT2D eigenvalue weighted by Gasteiger charge is 2.68. The van der Waals surface area contributed by atoms with Gasteiger partial charge >= 0.3 is 0 Å². The summed E-state index contributed by atoms with van der Waals surface area (Å²) < 4.78 is 6.40. The molecule has 5 nitrogen and oxygen atoms in total. The predicted octanol–water partition coefficient (Wildman–Crippen LogP) is 3.94. The number of aromatic hydroxyl groups is 1. The van der Waals surface area contributed by atoms with Crippen LogP contribution in [0.5, 0.6) is 11.5 Å². The third-order valence-corrected chi connectivity index (χ3v) is 8.24. The molecule has 1 spiro atoms. The molecule has 2 bridgehead atoms. The molecular weight excluding hydrogens is 423 g/mol. The standard InChI is InChI=1S/C23H22Cl2N2O3/c1-27-9-8-22-14-6-7-23(29,26-13-3-4-15(24)16(25)11-13)21(22)30-20-18(28)5-2-12(19(20)22)10-17(14)27/h2-7,11,14,17,21,26,28-29H,8-10H2,1H3/t14-,17+,21+,22-,23-/m0/s1. The van der Waals surface area contributed by atoms with Gasteiger partial charge in [0.2, 0.25) is 0 Å². The number of halogens is 2. The Morgan fingerprint density at radius 2 is 2.03 bits per heavy atom. The van der Waals surface area contributed by atoms with E-state index < -0.39 is 17.2 Å². The molecule has 156 valence electrons. The van der Waals surface area contributed by atoms with E-state index in [1.807, 2.05) is 12.1 Å². The highest BCUT2D eigenvalue weighted by atomic mass is 35.5. The fourth-order valence-corrected chi connectivity index (χ4v) is 6.51. The minimum absolute atomic E-state index is 0.130. The maximum atomic E-state index is 11.8. The van der Waals surface area contributed by atoms with Gasteiger partial charge in [0.25, 0.3) is 0 Å². The van der Waals surface area contributed by atoms with Gasteiger partial charge in [-0.2, -0.15) is 0 Å². The highest BCUT2D eigenvalue weighted by Crippen LogP contribution is 2.63. The van der Waals surface area contributed by atoms with Crippen molar-refractivity contribution in [3.8, 4) is 11.5 Å². The molecule has 3 N–H and O–H groups in total. The minimum Gasteiger partial charge on any atom is -0.504 e. The summed E-state index contributed by atoms with van der Waals surface area (Å²) in [6.45, 7) is 0.909. The highest BCUT2D eigenvalue weighted by molar-refractivity contribution is 6.42. The first-order valence-corrected chi connectivity index (χ1v) is 11.0. The van der Waals surface area contributed by atoms with E-state index in [0.717, 1.165) is 24.9 Å². The molecule has 0 aromatic heterocycles. The quantitative estimate of drug-likeness (QED) is 0.483. The van der Waals surface area contributed by atoms with Crippen molar-refractivity contribution in [3.05, 3.63) is 63.7 Å². The molecule has 6 rings (SSSR count). The number of phenolic OH excluding ortho intramolecular Hbond substituents is 1. The Morgan fingerprint density at radius 1 is 1.20 bits per heavy atom. The number of nitrogens with one attached hydrogen (secondary N) is 1. The molecule has 2 heterocycles. The van der Waals surface area contributed by atoms with Crippen molar-refractivity contribution in [1.82, 2.24) is 4.90 Å². The number of anilines is 1. The number of phenols is 1. The van der Waals surface area contributed by atoms with Gasteiger partial charge in [0, 0.05) is 23.2 Å². The topological polar surface area (TPSA) is 65.0 Å². The van der Waals surface area contributed by atoms with Crippen LogP contribution in [0.1, 0.15) is 17.5 Å². The number of hydrogen-bond donors (Lipinski definition) is 3. The van der Waals surface area contributed by atoms with E-state index in [9.17, 15) is 10.2 Å². The number of piperidine rings is 1. The van der Waals surface area contributed by atoms with E-state index >= 15 is 0 Å². The number of likely N-dealkylation sites (N-methyl/N-ethyl adjacent to an activating group) is 1. The lowest BCUT2D eigenvalue weighted by Crippen LogP contribution is -2.69. The average molecular weight is 445 g/mol. The lowest BCUT2D eigenvalue weighted by Gasteiger charge is -2.58. The number of aliphatic hydroxyl groups is 1. The van der Waals surface area contributed by atoms with Gasteiger partial charge in [-0.25, -0.2) is 0 Å². The van der Waals surface area contributed by atoms with Crippen LogP contribution in [0.3, 0.4) is 0 Å². The van der Waals surface area contributed by atoms with Gasteiger partial charge in [0.15, 0.2) is 23.3 Å². The Labute approximate surface area is 184 Å². The van der Waals surface area contributed by atoms with E-state index in [0.29, 0.717) is 27.5 Å². The Hall–Kier alpha value is -1.92. The minimum atomic E-state index is -1.46. The molecule has 5 atom stereocenters. The molecule has 2 aliphatic carbocycles. The third kappa shape index (κ3) is 2.27. The molecule has 2 aliphatic heterocycles. The summed E-state index contributed by atoms with van der Waals surface area (Å²) in [7, 11) is 2.16. The maximum Gasteiger partial charge on any atom is 0.193 e. The van der Waals surface area contributed by atoms with Gasteiger partial charge in [-0.05, 0) is 62.3 Å². The molecule has 0 amide bonds. The number of benzene rings is 2. The molecule has 0 saturated carbocycles. The largest absolute Gasteiger partial charge is 0.504 e. The smallest absolute Gasteiger partial charge is 0.193 e. The Bertz CT molecular complexity index is 1110. The molecule has 0 unspecified atom stereocenters. The molecule has 1 fully saturated rings. The van der Waals surface area contributed by atoms with E-state index in [2.05, 4.69) is 23.3 Å². The van der Waals surface area contributed by atoms with Crippen molar-refractivity contribution in [2.24, 2.45) is 5.92 Å². The van der Waals surface area contributed by atoms with Crippen LogP contribution in [-0.4, -0.2) is 46.6 Å². The summed E-state index contributed by atoms with van der Waals surface area (Å²) in [6.07, 6.45) is 5.11. The number of likely N-dealkylation sites (tertiary alicyclic amines) is 1. The summed E-state index contributed by atoms with van der Waals surface area (Å²) in [5, 5.41) is 26.5. The van der Waals surface area contributed by atoms with Crippen molar-refractivity contribution in [3.63, 3.8) is 0 Å². The third-order valence-electron chi connectivity index (χ3n) is 7.50. The summed E-state index contributed by atoms with van der Waals surface area (Å²) in [5.41, 5.74) is 1.06. The van der Waals surface area contributed by atoms with Crippen molar-refractivity contribution in [2.75, 3.05) is 18.9 Å². The fraction of sp³-hybridized carbons (Fsp3) is 0.391. The molecule has 2 aromatic rings. The van der Waals surface area contributed by atoms with Crippen LogP contribution in [0, 0.1) is 5.92 Å².